The van der Waals surface area contributed by atoms with E-state index in [2.05, 4.69) is 0 Å². The quantitative estimate of drug-likeness (QED) is 0.679. The molecule has 0 saturated heterocycles. The standard InChI is InChI=1S/C13H17FN2O4/c1-13(2,3)7-15(4)10-6-9(14)8(12(17)18)5-11(10)16(19)20/h5-6H,7H2,1-4H3,(H,17,18). The minimum Gasteiger partial charge on any atom is -0.478 e. The lowest BCUT2D eigenvalue weighted by atomic mass is 9.96. The van der Waals surface area contributed by atoms with Gasteiger partial charge in [0.2, 0.25) is 0 Å². The van der Waals surface area contributed by atoms with Gasteiger partial charge < -0.3 is 10.0 Å². The van der Waals surface area contributed by atoms with Gasteiger partial charge in [0, 0.05) is 25.7 Å². The Morgan fingerprint density at radius 3 is 2.40 bits per heavy atom. The highest BCUT2D eigenvalue weighted by Crippen LogP contribution is 2.32. The predicted molar refractivity (Wildman–Crippen MR) is 72.7 cm³/mol. The summed E-state index contributed by atoms with van der Waals surface area (Å²) in [4.78, 5) is 22.7. The van der Waals surface area contributed by atoms with Crippen molar-refractivity contribution < 1.29 is 19.2 Å². The molecule has 0 bridgehead atoms. The Morgan fingerprint density at radius 2 is 2.00 bits per heavy atom. The molecule has 1 N–H and O–H groups in total. The number of hydrogen-bond acceptors (Lipinski definition) is 4. The smallest absolute Gasteiger partial charge is 0.338 e. The normalized spacial score (nSPS) is 11.2. The summed E-state index contributed by atoms with van der Waals surface area (Å²) < 4.78 is 13.7. The number of carboxylic acid groups (broad SMARTS) is 1. The molecule has 0 heterocycles. The summed E-state index contributed by atoms with van der Waals surface area (Å²) in [6.45, 7) is 6.28. The molecule has 7 heteroatoms. The van der Waals surface area contributed by atoms with Gasteiger partial charge in [-0.3, -0.25) is 10.1 Å². The van der Waals surface area contributed by atoms with Crippen LogP contribution >= 0.6 is 0 Å². The molecule has 0 amide bonds. The summed E-state index contributed by atoms with van der Waals surface area (Å²) in [5.41, 5.74) is -1.21. The van der Waals surface area contributed by atoms with E-state index in [1.807, 2.05) is 20.8 Å². The molecule has 1 aromatic carbocycles. The Balaban J connectivity index is 3.35. The Labute approximate surface area is 116 Å². The van der Waals surface area contributed by atoms with Crippen molar-refractivity contribution in [3.8, 4) is 0 Å². The van der Waals surface area contributed by atoms with Gasteiger partial charge in [0.25, 0.3) is 5.69 Å². The number of halogens is 1. The van der Waals surface area contributed by atoms with Crippen LogP contribution in [0, 0.1) is 21.3 Å². The summed E-state index contributed by atoms with van der Waals surface area (Å²) in [5, 5.41) is 19.9. The second-order valence-corrected chi connectivity index (χ2v) is 5.80. The fourth-order valence-electron chi connectivity index (χ4n) is 1.96. The summed E-state index contributed by atoms with van der Waals surface area (Å²) >= 11 is 0. The molecule has 110 valence electrons. The van der Waals surface area contributed by atoms with Crippen LogP contribution in [0.2, 0.25) is 0 Å². The van der Waals surface area contributed by atoms with E-state index in [9.17, 15) is 19.3 Å². The second-order valence-electron chi connectivity index (χ2n) is 5.80. The summed E-state index contributed by atoms with van der Waals surface area (Å²) in [6, 6.07) is 1.65. The number of rotatable bonds is 4. The zero-order chi connectivity index (χ0) is 15.7. The zero-order valence-corrected chi connectivity index (χ0v) is 11.8. The van der Waals surface area contributed by atoms with Gasteiger partial charge in [-0.05, 0) is 5.41 Å². The third kappa shape index (κ3) is 3.66. The highest BCUT2D eigenvalue weighted by molar-refractivity contribution is 5.90. The van der Waals surface area contributed by atoms with Crippen LogP contribution in [0.1, 0.15) is 31.1 Å². The molecule has 0 fully saturated rings. The van der Waals surface area contributed by atoms with Crippen LogP contribution in [0.3, 0.4) is 0 Å². The SMILES string of the molecule is CN(CC(C)(C)C)c1cc(F)c(C(=O)O)cc1[N+](=O)[O-]. The summed E-state index contributed by atoms with van der Waals surface area (Å²) in [5.74, 6) is -2.52. The molecular weight excluding hydrogens is 267 g/mol. The molecule has 0 aromatic heterocycles. The van der Waals surface area contributed by atoms with Gasteiger partial charge in [-0.25, -0.2) is 9.18 Å². The van der Waals surface area contributed by atoms with Crippen LogP contribution in [0.15, 0.2) is 12.1 Å². The summed E-state index contributed by atoms with van der Waals surface area (Å²) in [7, 11) is 1.60. The van der Waals surface area contributed by atoms with Crippen molar-refractivity contribution in [1.29, 1.82) is 0 Å². The van der Waals surface area contributed by atoms with Gasteiger partial charge in [-0.1, -0.05) is 20.8 Å². The average Bonchev–Trinajstić information content (AvgIpc) is 2.25. The van der Waals surface area contributed by atoms with E-state index < -0.39 is 28.0 Å². The van der Waals surface area contributed by atoms with E-state index in [-0.39, 0.29) is 11.1 Å². The van der Waals surface area contributed by atoms with E-state index in [1.54, 1.807) is 11.9 Å². The first-order valence-electron chi connectivity index (χ1n) is 5.95. The molecule has 0 aliphatic carbocycles. The van der Waals surface area contributed by atoms with Crippen molar-refractivity contribution in [2.45, 2.75) is 20.8 Å². The van der Waals surface area contributed by atoms with Crippen molar-refractivity contribution in [3.63, 3.8) is 0 Å². The van der Waals surface area contributed by atoms with Crippen LogP contribution in [0.25, 0.3) is 0 Å². The minimum absolute atomic E-state index is 0.0624. The first-order valence-corrected chi connectivity index (χ1v) is 5.95. The maximum Gasteiger partial charge on any atom is 0.338 e. The van der Waals surface area contributed by atoms with Crippen molar-refractivity contribution in [3.05, 3.63) is 33.6 Å². The maximum absolute atomic E-state index is 13.7. The summed E-state index contributed by atoms with van der Waals surface area (Å²) in [6.07, 6.45) is 0. The van der Waals surface area contributed by atoms with Crippen LogP contribution in [0.5, 0.6) is 0 Å². The van der Waals surface area contributed by atoms with Crippen molar-refractivity contribution in [2.24, 2.45) is 5.41 Å². The van der Waals surface area contributed by atoms with Gasteiger partial charge in [-0.2, -0.15) is 0 Å². The van der Waals surface area contributed by atoms with E-state index >= 15 is 0 Å². The lowest BCUT2D eigenvalue weighted by molar-refractivity contribution is -0.384. The van der Waals surface area contributed by atoms with Crippen LogP contribution in [-0.4, -0.2) is 29.6 Å². The zero-order valence-electron chi connectivity index (χ0n) is 11.8. The second kappa shape index (κ2) is 5.44. The van der Waals surface area contributed by atoms with E-state index in [4.69, 9.17) is 5.11 Å². The third-order valence-electron chi connectivity index (χ3n) is 2.61. The molecule has 0 aliphatic rings. The fraction of sp³-hybridized carbons (Fsp3) is 0.462. The van der Waals surface area contributed by atoms with Crippen molar-refractivity contribution >= 4 is 17.3 Å². The van der Waals surface area contributed by atoms with Crippen molar-refractivity contribution in [2.75, 3.05) is 18.5 Å². The maximum atomic E-state index is 13.7. The number of carbonyl (C=O) groups is 1. The predicted octanol–water partition coefficient (Wildman–Crippen LogP) is 2.91. The molecule has 20 heavy (non-hydrogen) atoms. The first-order chi connectivity index (χ1) is 9.03. The number of nitro benzene ring substituents is 1. The number of nitro groups is 1. The minimum atomic E-state index is -1.53. The molecule has 1 aromatic rings. The van der Waals surface area contributed by atoms with Gasteiger partial charge >= 0.3 is 5.97 Å². The Morgan fingerprint density at radius 1 is 1.45 bits per heavy atom. The Hall–Kier alpha value is -2.18. The molecular formula is C13H17FN2O4. The van der Waals surface area contributed by atoms with E-state index in [0.717, 1.165) is 12.1 Å². The van der Waals surface area contributed by atoms with Crippen LogP contribution in [0.4, 0.5) is 15.8 Å². The molecule has 6 nitrogen and oxygen atoms in total. The molecule has 0 saturated carbocycles. The van der Waals surface area contributed by atoms with Gasteiger partial charge in [0.05, 0.1) is 4.92 Å². The number of aromatic carboxylic acids is 1. The van der Waals surface area contributed by atoms with Crippen molar-refractivity contribution in [1.82, 2.24) is 0 Å². The Bertz CT molecular complexity index is 552. The monoisotopic (exact) mass is 284 g/mol. The van der Waals surface area contributed by atoms with Gasteiger partial charge in [-0.15, -0.1) is 0 Å². The highest BCUT2D eigenvalue weighted by Gasteiger charge is 2.25. The van der Waals surface area contributed by atoms with Crippen LogP contribution in [-0.2, 0) is 0 Å². The molecule has 1 rings (SSSR count). The third-order valence-corrected chi connectivity index (χ3v) is 2.61. The number of anilines is 1. The molecule has 0 unspecified atom stereocenters. The number of carboxylic acids is 1. The molecule has 0 atom stereocenters. The lowest BCUT2D eigenvalue weighted by Gasteiger charge is -2.28. The molecule has 0 spiro atoms. The average molecular weight is 284 g/mol. The molecule has 0 aliphatic heterocycles. The Kier molecular flexibility index (Phi) is 4.32. The fourth-order valence-corrected chi connectivity index (χ4v) is 1.96. The van der Waals surface area contributed by atoms with E-state index in [0.29, 0.717) is 6.54 Å². The largest absolute Gasteiger partial charge is 0.478 e. The number of hydrogen-bond donors (Lipinski definition) is 1. The van der Waals surface area contributed by atoms with Gasteiger partial charge in [0.15, 0.2) is 0 Å². The number of nitrogens with zero attached hydrogens (tertiary/aromatic N) is 2. The first kappa shape index (κ1) is 15.9. The van der Waals surface area contributed by atoms with Gasteiger partial charge in [0.1, 0.15) is 17.1 Å². The highest BCUT2D eigenvalue weighted by atomic mass is 19.1. The van der Waals surface area contributed by atoms with Crippen LogP contribution < -0.4 is 4.90 Å². The number of benzene rings is 1. The molecule has 0 radical (unpaired) electrons. The van der Waals surface area contributed by atoms with E-state index in [1.165, 1.54) is 0 Å². The lowest BCUT2D eigenvalue weighted by Crippen LogP contribution is -2.29. The topological polar surface area (TPSA) is 83.7 Å².